The van der Waals surface area contributed by atoms with Crippen molar-refractivity contribution < 1.29 is 0 Å². The molecule has 3 nitrogen and oxygen atoms in total. The van der Waals surface area contributed by atoms with Gasteiger partial charge in [-0.15, -0.1) is 11.3 Å². The molecule has 2 aromatic rings. The molecular weight excluding hydrogens is 298 g/mol. The number of aryl methyl sites for hydroxylation is 1. The third-order valence-corrected chi connectivity index (χ3v) is 4.86. The minimum atomic E-state index is 0.146. The average Bonchev–Trinajstić information content (AvgIpc) is 2.68. The molecule has 90 valence electrons. The van der Waals surface area contributed by atoms with Gasteiger partial charge in [-0.1, -0.05) is 0 Å². The van der Waals surface area contributed by atoms with Crippen LogP contribution in [0.5, 0.6) is 0 Å². The Morgan fingerprint density at radius 2 is 2.18 bits per heavy atom. The highest BCUT2D eigenvalue weighted by atomic mass is 79.9. The molecule has 2 rings (SSSR count). The second kappa shape index (κ2) is 5.73. The van der Waals surface area contributed by atoms with E-state index in [1.807, 2.05) is 12.1 Å². The largest absolute Gasteiger partial charge is 0.271 e. The van der Waals surface area contributed by atoms with Crippen LogP contribution in [0.2, 0.25) is 0 Å². The highest BCUT2D eigenvalue weighted by Gasteiger charge is 2.14. The van der Waals surface area contributed by atoms with Gasteiger partial charge in [-0.25, -0.2) is 0 Å². The number of thiophene rings is 1. The molecule has 0 amide bonds. The zero-order valence-electron chi connectivity index (χ0n) is 9.48. The fourth-order valence-corrected chi connectivity index (χ4v) is 3.28. The fraction of sp³-hybridized carbons (Fsp3) is 0.250. The molecule has 0 aliphatic rings. The van der Waals surface area contributed by atoms with Gasteiger partial charge in [-0.2, -0.15) is 0 Å². The molecule has 0 saturated heterocycles. The number of halogens is 1. The predicted molar refractivity (Wildman–Crippen MR) is 74.8 cm³/mol. The Kier molecular flexibility index (Phi) is 4.28. The van der Waals surface area contributed by atoms with Gasteiger partial charge in [0.1, 0.15) is 0 Å². The van der Waals surface area contributed by atoms with E-state index >= 15 is 0 Å². The van der Waals surface area contributed by atoms with Crippen LogP contribution in [0.15, 0.2) is 34.4 Å². The maximum atomic E-state index is 5.64. The quantitative estimate of drug-likeness (QED) is 0.674. The van der Waals surface area contributed by atoms with E-state index < -0.39 is 0 Å². The van der Waals surface area contributed by atoms with Gasteiger partial charge in [0, 0.05) is 17.3 Å². The Balaban J connectivity index is 2.17. The monoisotopic (exact) mass is 311 g/mol. The lowest BCUT2D eigenvalue weighted by molar-refractivity contribution is 0.560. The molecule has 3 N–H and O–H groups in total. The lowest BCUT2D eigenvalue weighted by Crippen LogP contribution is -2.28. The average molecular weight is 312 g/mol. The molecule has 1 unspecified atom stereocenters. The lowest BCUT2D eigenvalue weighted by atomic mass is 10.1. The number of rotatable bonds is 4. The second-order valence-corrected chi connectivity index (χ2v) is 6.29. The van der Waals surface area contributed by atoms with Gasteiger partial charge in [-0.05, 0) is 58.6 Å². The van der Waals surface area contributed by atoms with Crippen LogP contribution >= 0.6 is 27.3 Å². The summed E-state index contributed by atoms with van der Waals surface area (Å²) in [5.74, 6) is 5.64. The van der Waals surface area contributed by atoms with Gasteiger partial charge in [0.15, 0.2) is 0 Å². The Morgan fingerprint density at radius 1 is 1.47 bits per heavy atom. The summed E-state index contributed by atoms with van der Waals surface area (Å²) in [5.41, 5.74) is 5.35. The lowest BCUT2D eigenvalue weighted by Gasteiger charge is -2.13. The third-order valence-electron chi connectivity index (χ3n) is 2.61. The number of nitrogens with one attached hydrogen (secondary N) is 1. The standard InChI is InChI=1S/C12H14BrN3S/c1-8-6-11(17-12(8)13)10(16-14)7-9-2-4-15-5-3-9/h2-6,10,16H,7,14H2,1H3. The number of pyridine rings is 1. The topological polar surface area (TPSA) is 50.9 Å². The number of nitrogens with zero attached hydrogens (tertiary/aromatic N) is 1. The number of hydrogen-bond acceptors (Lipinski definition) is 4. The molecule has 2 heterocycles. The molecule has 0 saturated carbocycles. The van der Waals surface area contributed by atoms with E-state index in [1.54, 1.807) is 23.7 Å². The molecule has 0 aromatic carbocycles. The highest BCUT2D eigenvalue weighted by Crippen LogP contribution is 2.32. The molecule has 2 aromatic heterocycles. The van der Waals surface area contributed by atoms with E-state index in [0.29, 0.717) is 0 Å². The Labute approximate surface area is 113 Å². The number of nitrogens with two attached hydrogens (primary N) is 1. The molecule has 0 aliphatic carbocycles. The zero-order chi connectivity index (χ0) is 12.3. The van der Waals surface area contributed by atoms with Gasteiger partial charge >= 0.3 is 0 Å². The van der Waals surface area contributed by atoms with E-state index in [0.717, 1.165) is 6.42 Å². The first-order valence-corrected chi connectivity index (χ1v) is 6.92. The summed E-state index contributed by atoms with van der Waals surface area (Å²) in [7, 11) is 0. The number of aromatic nitrogens is 1. The van der Waals surface area contributed by atoms with Crippen LogP contribution in [-0.2, 0) is 6.42 Å². The molecular formula is C12H14BrN3S. The van der Waals surface area contributed by atoms with E-state index in [-0.39, 0.29) is 6.04 Å². The zero-order valence-corrected chi connectivity index (χ0v) is 11.9. The first kappa shape index (κ1) is 12.7. The summed E-state index contributed by atoms with van der Waals surface area (Å²) in [5, 5.41) is 0. The smallest absolute Gasteiger partial charge is 0.0731 e. The van der Waals surface area contributed by atoms with Gasteiger partial charge < -0.3 is 0 Å². The molecule has 1 atom stereocenters. The van der Waals surface area contributed by atoms with Crippen molar-refractivity contribution in [1.82, 2.24) is 10.4 Å². The minimum absolute atomic E-state index is 0.146. The first-order valence-electron chi connectivity index (χ1n) is 5.31. The molecule has 0 fully saturated rings. The maximum Gasteiger partial charge on any atom is 0.0731 e. The summed E-state index contributed by atoms with van der Waals surface area (Å²) in [6, 6.07) is 6.34. The normalized spacial score (nSPS) is 12.6. The van der Waals surface area contributed by atoms with Gasteiger partial charge in [0.2, 0.25) is 0 Å². The number of hydrogen-bond donors (Lipinski definition) is 2. The SMILES string of the molecule is Cc1cc(C(Cc2ccncc2)NN)sc1Br. The third kappa shape index (κ3) is 3.13. The minimum Gasteiger partial charge on any atom is -0.271 e. The van der Waals surface area contributed by atoms with Crippen LogP contribution in [-0.4, -0.2) is 4.98 Å². The van der Waals surface area contributed by atoms with Gasteiger partial charge in [0.05, 0.1) is 9.83 Å². The maximum absolute atomic E-state index is 5.64. The second-order valence-electron chi connectivity index (χ2n) is 3.88. The summed E-state index contributed by atoms with van der Waals surface area (Å²) in [6.45, 7) is 2.09. The Bertz CT molecular complexity index is 464. The van der Waals surface area contributed by atoms with E-state index in [9.17, 15) is 0 Å². The predicted octanol–water partition coefficient (Wildman–Crippen LogP) is 2.96. The summed E-state index contributed by atoms with van der Waals surface area (Å²) in [4.78, 5) is 5.26. The highest BCUT2D eigenvalue weighted by molar-refractivity contribution is 9.11. The van der Waals surface area contributed by atoms with Crippen molar-refractivity contribution in [2.75, 3.05) is 0 Å². The fourth-order valence-electron chi connectivity index (χ4n) is 1.65. The van der Waals surface area contributed by atoms with E-state index in [2.05, 4.69) is 39.3 Å². The van der Waals surface area contributed by atoms with Crippen LogP contribution in [0.3, 0.4) is 0 Å². The molecule has 17 heavy (non-hydrogen) atoms. The van der Waals surface area contributed by atoms with Crippen molar-refractivity contribution in [2.24, 2.45) is 5.84 Å². The summed E-state index contributed by atoms with van der Waals surface area (Å²) in [6.07, 6.45) is 4.47. The molecule has 0 aliphatic heterocycles. The van der Waals surface area contributed by atoms with Crippen LogP contribution in [0.25, 0.3) is 0 Å². The molecule has 0 bridgehead atoms. The number of hydrazine groups is 1. The van der Waals surface area contributed by atoms with Crippen LogP contribution in [0.4, 0.5) is 0 Å². The summed E-state index contributed by atoms with van der Waals surface area (Å²) >= 11 is 5.26. The Hall–Kier alpha value is -0.750. The van der Waals surface area contributed by atoms with Crippen LogP contribution in [0.1, 0.15) is 22.0 Å². The molecule has 0 radical (unpaired) electrons. The first-order chi connectivity index (χ1) is 8.20. The van der Waals surface area contributed by atoms with Crippen molar-refractivity contribution in [3.8, 4) is 0 Å². The summed E-state index contributed by atoms with van der Waals surface area (Å²) < 4.78 is 1.17. The van der Waals surface area contributed by atoms with Crippen molar-refractivity contribution in [1.29, 1.82) is 0 Å². The van der Waals surface area contributed by atoms with Gasteiger partial charge in [0.25, 0.3) is 0 Å². The van der Waals surface area contributed by atoms with E-state index in [1.165, 1.54) is 19.8 Å². The van der Waals surface area contributed by atoms with Gasteiger partial charge in [-0.3, -0.25) is 16.3 Å². The molecule has 0 spiro atoms. The molecule has 5 heteroatoms. The van der Waals surface area contributed by atoms with Crippen molar-refractivity contribution in [2.45, 2.75) is 19.4 Å². The van der Waals surface area contributed by atoms with Crippen molar-refractivity contribution in [3.63, 3.8) is 0 Å². The van der Waals surface area contributed by atoms with Crippen LogP contribution < -0.4 is 11.3 Å². The Morgan fingerprint density at radius 3 is 2.71 bits per heavy atom. The van der Waals surface area contributed by atoms with E-state index in [4.69, 9.17) is 5.84 Å². The van der Waals surface area contributed by atoms with Crippen molar-refractivity contribution >= 4 is 27.3 Å². The van der Waals surface area contributed by atoms with Crippen LogP contribution in [0, 0.1) is 6.92 Å². The van der Waals surface area contributed by atoms with Crippen molar-refractivity contribution in [3.05, 3.63) is 50.4 Å².